The lowest BCUT2D eigenvalue weighted by Gasteiger charge is -2.24. The summed E-state index contributed by atoms with van der Waals surface area (Å²) in [4.78, 5) is 50.5. The lowest BCUT2D eigenvalue weighted by Crippen LogP contribution is -2.45. The van der Waals surface area contributed by atoms with Crippen LogP contribution in [0.4, 0.5) is 0 Å². The molecule has 4 amide bonds. The van der Waals surface area contributed by atoms with E-state index in [1.54, 1.807) is 0 Å². The fourth-order valence-corrected chi connectivity index (χ4v) is 6.84. The highest BCUT2D eigenvalue weighted by Gasteiger charge is 2.35. The minimum atomic E-state index is -0.583. The molecule has 1 aliphatic heterocycles. The highest BCUT2D eigenvalue weighted by atomic mass is 32.2. The van der Waals surface area contributed by atoms with Crippen LogP contribution in [0.1, 0.15) is 135 Å². The van der Waals surface area contributed by atoms with Gasteiger partial charge in [-0.1, -0.05) is 110 Å². The van der Waals surface area contributed by atoms with Crippen LogP contribution in [0, 0.1) is 5.92 Å². The molecule has 2 fully saturated rings. The number of nitrogens with zero attached hydrogens (tertiary/aromatic N) is 1. The molecule has 0 aromatic rings. The lowest BCUT2D eigenvalue weighted by molar-refractivity contribution is -0.136. The summed E-state index contributed by atoms with van der Waals surface area (Å²) in [5.41, 5.74) is 5.43. The zero-order valence-corrected chi connectivity index (χ0v) is 26.6. The smallest absolute Gasteiger partial charge is 0.240 e. The van der Waals surface area contributed by atoms with Gasteiger partial charge in [0.25, 0.3) is 0 Å². The molecule has 2 aliphatic rings. The summed E-state index contributed by atoms with van der Waals surface area (Å²) in [5.74, 6) is -0.254. The monoisotopic (exact) mass is 594 g/mol. The van der Waals surface area contributed by atoms with Gasteiger partial charge in [-0.3, -0.25) is 19.2 Å². The average Bonchev–Trinajstić information content (AvgIpc) is 3.30. The first kappa shape index (κ1) is 35.4. The number of nitrogens with one attached hydrogen (secondary N) is 2. The zero-order valence-electron chi connectivity index (χ0n) is 25.8. The number of carbonyl (C=O) groups is 4. The Bertz CT molecular complexity index is 761. The third-order valence-corrected chi connectivity index (χ3v) is 9.54. The molecule has 0 radical (unpaired) electrons. The highest BCUT2D eigenvalue weighted by Crippen LogP contribution is 2.21. The first-order chi connectivity index (χ1) is 19.9. The second-order valence-corrected chi connectivity index (χ2v) is 13.2. The second kappa shape index (κ2) is 21.9. The van der Waals surface area contributed by atoms with Crippen LogP contribution in [0.15, 0.2) is 0 Å². The summed E-state index contributed by atoms with van der Waals surface area (Å²) in [5, 5.41) is 6.15. The van der Waals surface area contributed by atoms with Crippen molar-refractivity contribution in [1.82, 2.24) is 15.5 Å². The fourth-order valence-electron chi connectivity index (χ4n) is 6.18. The summed E-state index contributed by atoms with van der Waals surface area (Å²) in [6, 6.07) is -0.353. The molecule has 1 unspecified atom stereocenters. The van der Waals surface area contributed by atoms with E-state index in [0.29, 0.717) is 25.9 Å². The van der Waals surface area contributed by atoms with Crippen LogP contribution in [0.3, 0.4) is 0 Å². The van der Waals surface area contributed by atoms with Gasteiger partial charge in [0.1, 0.15) is 6.04 Å². The lowest BCUT2D eigenvalue weighted by atomic mass is 10.00. The Balaban J connectivity index is 1.66. The highest BCUT2D eigenvalue weighted by molar-refractivity contribution is 8.00. The molecule has 2 atom stereocenters. The van der Waals surface area contributed by atoms with Crippen molar-refractivity contribution >= 4 is 35.4 Å². The number of thioether (sulfide) groups is 1. The molecule has 2 rings (SSSR count). The van der Waals surface area contributed by atoms with E-state index in [4.69, 9.17) is 5.73 Å². The van der Waals surface area contributed by atoms with Crippen molar-refractivity contribution in [3.05, 3.63) is 0 Å². The Morgan fingerprint density at radius 1 is 0.805 bits per heavy atom. The maximum absolute atomic E-state index is 12.7. The molecule has 236 valence electrons. The first-order valence-electron chi connectivity index (χ1n) is 16.6. The molecule has 41 heavy (non-hydrogen) atoms. The second-order valence-electron chi connectivity index (χ2n) is 12.2. The summed E-state index contributed by atoms with van der Waals surface area (Å²) < 4.78 is 0. The van der Waals surface area contributed by atoms with Gasteiger partial charge < -0.3 is 21.3 Å². The number of primary amides is 1. The fraction of sp³-hybridized carbons (Fsp3) is 0.875. The molecule has 1 saturated heterocycles. The van der Waals surface area contributed by atoms with Crippen LogP contribution in [-0.4, -0.2) is 65.2 Å². The molecule has 0 aromatic carbocycles. The summed E-state index contributed by atoms with van der Waals surface area (Å²) in [7, 11) is 0. The van der Waals surface area contributed by atoms with Gasteiger partial charge in [-0.15, -0.1) is 11.8 Å². The molecular formula is C32H58N4O4S. The molecule has 0 aromatic heterocycles. The first-order valence-corrected chi connectivity index (χ1v) is 17.8. The number of likely N-dealkylation sites (tertiary alicyclic amines) is 1. The van der Waals surface area contributed by atoms with Crippen LogP contribution in [-0.2, 0) is 19.2 Å². The van der Waals surface area contributed by atoms with Crippen LogP contribution in [0.5, 0.6) is 0 Å². The molecule has 8 nitrogen and oxygen atoms in total. The van der Waals surface area contributed by atoms with Gasteiger partial charge in [-0.05, 0) is 19.3 Å². The van der Waals surface area contributed by atoms with E-state index in [1.165, 1.54) is 119 Å². The number of amides is 4. The van der Waals surface area contributed by atoms with Crippen molar-refractivity contribution in [3.63, 3.8) is 0 Å². The van der Waals surface area contributed by atoms with Gasteiger partial charge in [0.05, 0.1) is 11.5 Å². The molecular weight excluding hydrogens is 536 g/mol. The SMILES string of the molecule is CC[C@H](C(N)=O)N1CC(CNC(=O)CSCC(=O)NC2CCCCCCCCCCCCCCCCCC2)CC1=O. The Hall–Kier alpha value is -1.77. The molecule has 0 bridgehead atoms. The maximum atomic E-state index is 12.7. The maximum Gasteiger partial charge on any atom is 0.240 e. The van der Waals surface area contributed by atoms with Crippen molar-refractivity contribution in [1.29, 1.82) is 0 Å². The van der Waals surface area contributed by atoms with Crippen molar-refractivity contribution < 1.29 is 19.2 Å². The molecule has 9 heteroatoms. The van der Waals surface area contributed by atoms with E-state index in [0.717, 1.165) is 12.8 Å². The van der Waals surface area contributed by atoms with E-state index >= 15 is 0 Å². The molecule has 1 saturated carbocycles. The van der Waals surface area contributed by atoms with Crippen LogP contribution in [0.2, 0.25) is 0 Å². The zero-order chi connectivity index (χ0) is 29.7. The standard InChI is InChI=1S/C32H58N4O4S/c1-2-28(32(33)40)36-23-26(21-31(36)39)22-34-29(37)24-41-25-30(38)35-27-19-17-15-13-11-9-7-5-3-4-6-8-10-12-14-16-18-20-27/h26-28H,2-25H2,1H3,(H2,33,40)(H,34,37)(H,35,38)/t26?,28-/m1/s1. The Labute approximate surface area is 253 Å². The summed E-state index contributed by atoms with van der Waals surface area (Å²) >= 11 is 1.33. The number of hydrogen-bond acceptors (Lipinski definition) is 5. The van der Waals surface area contributed by atoms with Crippen molar-refractivity contribution in [2.24, 2.45) is 11.7 Å². The van der Waals surface area contributed by atoms with Crippen LogP contribution in [0.25, 0.3) is 0 Å². The number of rotatable bonds is 10. The predicted octanol–water partition coefficient (Wildman–Crippen LogP) is 5.47. The van der Waals surface area contributed by atoms with Crippen molar-refractivity contribution in [2.45, 2.75) is 147 Å². The van der Waals surface area contributed by atoms with Crippen LogP contribution >= 0.6 is 11.8 Å². The van der Waals surface area contributed by atoms with Gasteiger partial charge in [0, 0.05) is 31.5 Å². The largest absolute Gasteiger partial charge is 0.368 e. The third-order valence-electron chi connectivity index (χ3n) is 8.60. The van der Waals surface area contributed by atoms with Crippen molar-refractivity contribution in [3.8, 4) is 0 Å². The third kappa shape index (κ3) is 15.9. The normalized spacial score (nSPS) is 22.2. The molecule has 4 N–H and O–H groups in total. The Kier molecular flexibility index (Phi) is 18.9. The minimum absolute atomic E-state index is 0.0142. The molecule has 0 spiro atoms. The quantitative estimate of drug-likeness (QED) is 0.310. The topological polar surface area (TPSA) is 122 Å². The van der Waals surface area contributed by atoms with Gasteiger partial charge in [0.15, 0.2) is 0 Å². The van der Waals surface area contributed by atoms with E-state index in [9.17, 15) is 19.2 Å². The number of carbonyl (C=O) groups excluding carboxylic acids is 4. The van der Waals surface area contributed by atoms with Gasteiger partial charge in [0.2, 0.25) is 23.6 Å². The van der Waals surface area contributed by atoms with Gasteiger partial charge in [-0.25, -0.2) is 0 Å². The Morgan fingerprint density at radius 3 is 1.73 bits per heavy atom. The van der Waals surface area contributed by atoms with Gasteiger partial charge >= 0.3 is 0 Å². The van der Waals surface area contributed by atoms with E-state index < -0.39 is 11.9 Å². The molecule has 1 aliphatic carbocycles. The van der Waals surface area contributed by atoms with E-state index in [-0.39, 0.29) is 41.2 Å². The predicted molar refractivity (Wildman–Crippen MR) is 168 cm³/mol. The summed E-state index contributed by atoms with van der Waals surface area (Å²) in [6.07, 6.45) is 24.0. The Morgan fingerprint density at radius 2 is 1.27 bits per heavy atom. The van der Waals surface area contributed by atoms with Crippen molar-refractivity contribution in [2.75, 3.05) is 24.6 Å². The minimum Gasteiger partial charge on any atom is -0.368 e. The average molecular weight is 595 g/mol. The number of hydrogen-bond donors (Lipinski definition) is 3. The van der Waals surface area contributed by atoms with E-state index in [2.05, 4.69) is 10.6 Å². The summed E-state index contributed by atoms with van der Waals surface area (Å²) in [6.45, 7) is 2.64. The van der Waals surface area contributed by atoms with Gasteiger partial charge in [-0.2, -0.15) is 0 Å². The number of nitrogens with two attached hydrogens (primary N) is 1. The van der Waals surface area contributed by atoms with Crippen LogP contribution < -0.4 is 16.4 Å². The van der Waals surface area contributed by atoms with E-state index in [1.807, 2.05) is 6.92 Å². The molecule has 1 heterocycles.